The Labute approximate surface area is 119 Å². The number of amides is 1. The molecule has 1 heterocycles. The zero-order chi connectivity index (χ0) is 14.4. The third kappa shape index (κ3) is 3.79. The molecule has 0 radical (unpaired) electrons. The van der Waals surface area contributed by atoms with E-state index in [9.17, 15) is 4.79 Å². The van der Waals surface area contributed by atoms with Gasteiger partial charge in [0.05, 0.1) is 31.9 Å². The van der Waals surface area contributed by atoms with Crippen LogP contribution in [0.15, 0.2) is 24.3 Å². The monoisotopic (exact) mass is 278 g/mol. The number of carbonyl (C=O) groups is 1. The van der Waals surface area contributed by atoms with Crippen molar-refractivity contribution in [1.82, 2.24) is 10.6 Å². The Bertz CT molecular complexity index is 450. The molecule has 0 aromatic heterocycles. The fourth-order valence-corrected chi connectivity index (χ4v) is 2.33. The van der Waals surface area contributed by atoms with Gasteiger partial charge in [-0.25, -0.2) is 0 Å². The van der Waals surface area contributed by atoms with Crippen molar-refractivity contribution in [2.24, 2.45) is 0 Å². The molecule has 2 N–H and O–H groups in total. The SMILES string of the molecule is COCCNC(=O)C(C)NC1COCc2ccccc21. The van der Waals surface area contributed by atoms with Crippen molar-refractivity contribution < 1.29 is 14.3 Å². The number of hydrogen-bond acceptors (Lipinski definition) is 4. The maximum absolute atomic E-state index is 11.9. The molecule has 1 aliphatic heterocycles. The van der Waals surface area contributed by atoms with Crippen LogP contribution in [0, 0.1) is 0 Å². The van der Waals surface area contributed by atoms with E-state index in [0.717, 1.165) is 0 Å². The van der Waals surface area contributed by atoms with Crippen LogP contribution < -0.4 is 10.6 Å². The Hall–Kier alpha value is -1.43. The second kappa shape index (κ2) is 7.38. The quantitative estimate of drug-likeness (QED) is 0.762. The number of methoxy groups -OCH3 is 1. The molecule has 0 fully saturated rings. The molecule has 20 heavy (non-hydrogen) atoms. The van der Waals surface area contributed by atoms with E-state index >= 15 is 0 Å². The van der Waals surface area contributed by atoms with Gasteiger partial charge in [0.15, 0.2) is 0 Å². The van der Waals surface area contributed by atoms with E-state index in [2.05, 4.69) is 22.8 Å². The van der Waals surface area contributed by atoms with Crippen LogP contribution >= 0.6 is 0 Å². The minimum Gasteiger partial charge on any atom is -0.383 e. The van der Waals surface area contributed by atoms with Crippen molar-refractivity contribution in [3.05, 3.63) is 35.4 Å². The van der Waals surface area contributed by atoms with Gasteiger partial charge >= 0.3 is 0 Å². The van der Waals surface area contributed by atoms with Gasteiger partial charge in [0, 0.05) is 13.7 Å². The average molecular weight is 278 g/mol. The molecule has 2 atom stereocenters. The first-order chi connectivity index (χ1) is 9.72. The zero-order valence-electron chi connectivity index (χ0n) is 12.0. The van der Waals surface area contributed by atoms with Crippen molar-refractivity contribution in [3.63, 3.8) is 0 Å². The largest absolute Gasteiger partial charge is 0.383 e. The second-order valence-corrected chi connectivity index (χ2v) is 4.94. The number of nitrogens with one attached hydrogen (secondary N) is 2. The van der Waals surface area contributed by atoms with E-state index in [1.807, 2.05) is 19.1 Å². The lowest BCUT2D eigenvalue weighted by Crippen LogP contribution is -2.46. The van der Waals surface area contributed by atoms with Crippen LogP contribution in [0.1, 0.15) is 24.1 Å². The number of ether oxygens (including phenoxy) is 2. The Morgan fingerprint density at radius 2 is 2.30 bits per heavy atom. The highest BCUT2D eigenvalue weighted by Gasteiger charge is 2.23. The van der Waals surface area contributed by atoms with Gasteiger partial charge in [0.2, 0.25) is 5.91 Å². The summed E-state index contributed by atoms with van der Waals surface area (Å²) < 4.78 is 10.5. The lowest BCUT2D eigenvalue weighted by molar-refractivity contribution is -0.123. The van der Waals surface area contributed by atoms with Crippen LogP contribution in [0.25, 0.3) is 0 Å². The maximum Gasteiger partial charge on any atom is 0.236 e. The van der Waals surface area contributed by atoms with E-state index in [4.69, 9.17) is 9.47 Å². The molecule has 0 bridgehead atoms. The highest BCUT2D eigenvalue weighted by atomic mass is 16.5. The highest BCUT2D eigenvalue weighted by Crippen LogP contribution is 2.24. The van der Waals surface area contributed by atoms with E-state index < -0.39 is 0 Å². The lowest BCUT2D eigenvalue weighted by atomic mass is 9.98. The van der Waals surface area contributed by atoms with Crippen LogP contribution in [0.2, 0.25) is 0 Å². The lowest BCUT2D eigenvalue weighted by Gasteiger charge is -2.28. The smallest absolute Gasteiger partial charge is 0.236 e. The van der Waals surface area contributed by atoms with Gasteiger partial charge in [-0.1, -0.05) is 24.3 Å². The molecule has 0 spiro atoms. The second-order valence-electron chi connectivity index (χ2n) is 4.94. The minimum absolute atomic E-state index is 0.0231. The molecular weight excluding hydrogens is 256 g/mol. The van der Waals surface area contributed by atoms with E-state index in [0.29, 0.717) is 26.4 Å². The highest BCUT2D eigenvalue weighted by molar-refractivity contribution is 5.81. The molecule has 0 saturated carbocycles. The van der Waals surface area contributed by atoms with Gasteiger partial charge in [-0.2, -0.15) is 0 Å². The first-order valence-electron chi connectivity index (χ1n) is 6.90. The van der Waals surface area contributed by atoms with Crippen molar-refractivity contribution >= 4 is 5.91 Å². The first-order valence-corrected chi connectivity index (χ1v) is 6.90. The summed E-state index contributed by atoms with van der Waals surface area (Å²) in [4.78, 5) is 11.9. The van der Waals surface area contributed by atoms with E-state index in [1.165, 1.54) is 11.1 Å². The Morgan fingerprint density at radius 3 is 3.10 bits per heavy atom. The zero-order valence-corrected chi connectivity index (χ0v) is 12.0. The third-order valence-electron chi connectivity index (χ3n) is 3.42. The molecule has 110 valence electrons. The molecule has 5 nitrogen and oxygen atoms in total. The topological polar surface area (TPSA) is 59.6 Å². The summed E-state index contributed by atoms with van der Waals surface area (Å²) in [6.07, 6.45) is 0. The predicted molar refractivity (Wildman–Crippen MR) is 76.3 cm³/mol. The Kier molecular flexibility index (Phi) is 5.52. The fraction of sp³-hybridized carbons (Fsp3) is 0.533. The van der Waals surface area contributed by atoms with Gasteiger partial charge in [-0.05, 0) is 18.1 Å². The molecule has 0 saturated heterocycles. The summed E-state index contributed by atoms with van der Waals surface area (Å²) in [5, 5.41) is 6.15. The van der Waals surface area contributed by atoms with Crippen LogP contribution in [0.4, 0.5) is 0 Å². The summed E-state index contributed by atoms with van der Waals surface area (Å²) in [5.74, 6) is -0.0231. The van der Waals surface area contributed by atoms with Crippen LogP contribution in [-0.2, 0) is 20.9 Å². The van der Waals surface area contributed by atoms with Crippen molar-refractivity contribution in [2.45, 2.75) is 25.6 Å². The maximum atomic E-state index is 11.9. The van der Waals surface area contributed by atoms with Gasteiger partial charge < -0.3 is 14.8 Å². The molecule has 2 unspecified atom stereocenters. The van der Waals surface area contributed by atoms with Crippen LogP contribution in [0.5, 0.6) is 0 Å². The number of rotatable bonds is 6. The molecule has 0 aliphatic carbocycles. The van der Waals surface area contributed by atoms with Crippen LogP contribution in [0.3, 0.4) is 0 Å². The number of carbonyl (C=O) groups excluding carboxylic acids is 1. The average Bonchev–Trinajstić information content (AvgIpc) is 2.47. The van der Waals surface area contributed by atoms with E-state index in [-0.39, 0.29) is 18.0 Å². The van der Waals surface area contributed by atoms with Crippen molar-refractivity contribution in [3.8, 4) is 0 Å². The number of hydrogen-bond donors (Lipinski definition) is 2. The normalized spacial score (nSPS) is 19.2. The summed E-state index contributed by atoms with van der Waals surface area (Å²) in [6.45, 7) is 4.14. The van der Waals surface area contributed by atoms with Gasteiger partial charge in [-0.3, -0.25) is 10.1 Å². The Balaban J connectivity index is 1.92. The number of benzene rings is 1. The fourth-order valence-electron chi connectivity index (χ4n) is 2.33. The first kappa shape index (κ1) is 15.0. The molecule has 1 aromatic carbocycles. The van der Waals surface area contributed by atoms with Gasteiger partial charge in [-0.15, -0.1) is 0 Å². The summed E-state index contributed by atoms with van der Waals surface area (Å²) >= 11 is 0. The number of fused-ring (bicyclic) bond motifs is 1. The van der Waals surface area contributed by atoms with E-state index in [1.54, 1.807) is 7.11 Å². The summed E-state index contributed by atoms with van der Waals surface area (Å²) in [5.41, 5.74) is 2.40. The standard InChI is InChI=1S/C15H22N2O3/c1-11(15(18)16-7-8-19-2)17-14-10-20-9-12-5-3-4-6-13(12)14/h3-6,11,14,17H,7-10H2,1-2H3,(H,16,18). The molecule has 1 amide bonds. The van der Waals surface area contributed by atoms with Gasteiger partial charge in [0.1, 0.15) is 0 Å². The summed E-state index contributed by atoms with van der Waals surface area (Å²) in [7, 11) is 1.62. The molecular formula is C15H22N2O3. The molecule has 1 aromatic rings. The van der Waals surface area contributed by atoms with Gasteiger partial charge in [0.25, 0.3) is 0 Å². The minimum atomic E-state index is -0.272. The summed E-state index contributed by atoms with van der Waals surface area (Å²) in [6, 6.07) is 7.96. The molecule has 5 heteroatoms. The Morgan fingerprint density at radius 1 is 1.50 bits per heavy atom. The molecule has 2 rings (SSSR count). The molecule has 1 aliphatic rings. The van der Waals surface area contributed by atoms with Crippen molar-refractivity contribution in [1.29, 1.82) is 0 Å². The van der Waals surface area contributed by atoms with Crippen molar-refractivity contribution in [2.75, 3.05) is 26.9 Å². The third-order valence-corrected chi connectivity index (χ3v) is 3.42. The van der Waals surface area contributed by atoms with Crippen LogP contribution in [-0.4, -0.2) is 38.8 Å². The predicted octanol–water partition coefficient (Wildman–Crippen LogP) is 0.999.